The van der Waals surface area contributed by atoms with Gasteiger partial charge in [-0.25, -0.2) is 15.0 Å². The maximum atomic E-state index is 6.55. The van der Waals surface area contributed by atoms with E-state index in [4.69, 9.17) is 19.4 Å². The van der Waals surface area contributed by atoms with Gasteiger partial charge in [-0.05, 0) is 73.1 Å². The van der Waals surface area contributed by atoms with Gasteiger partial charge in [-0.1, -0.05) is 182 Å². The fourth-order valence-corrected chi connectivity index (χ4v) is 8.18. The highest BCUT2D eigenvalue weighted by Crippen LogP contribution is 2.42. The van der Waals surface area contributed by atoms with E-state index in [1.54, 1.807) is 0 Å². The van der Waals surface area contributed by atoms with E-state index >= 15 is 0 Å². The van der Waals surface area contributed by atoms with Crippen molar-refractivity contribution in [3.05, 3.63) is 200 Å². The summed E-state index contributed by atoms with van der Waals surface area (Å²) < 4.78 is 6.55. The maximum Gasteiger partial charge on any atom is 0.167 e. The van der Waals surface area contributed by atoms with E-state index in [2.05, 4.69) is 170 Å². The number of furan rings is 1. The molecular weight excluding hydrogens is 695 g/mol. The second kappa shape index (κ2) is 13.6. The highest BCUT2D eigenvalue weighted by Gasteiger charge is 2.21. The van der Waals surface area contributed by atoms with Gasteiger partial charge in [0, 0.05) is 21.9 Å². The SMILES string of the molecule is c1ccc(-c2cccc(-c3ccc(-c4nc(-c5c(-c6cccc7ccccc67)ccc6ccccc56)nc(-c5cccc6c5oc5ccccc56)n4)cc3)c2)cc1. The molecule has 11 aromatic rings. The van der Waals surface area contributed by atoms with Gasteiger partial charge < -0.3 is 4.42 Å². The zero-order chi connectivity index (χ0) is 37.7. The molecule has 0 aliphatic rings. The van der Waals surface area contributed by atoms with Gasteiger partial charge in [0.2, 0.25) is 0 Å². The molecule has 0 fully saturated rings. The number of fused-ring (bicyclic) bond motifs is 5. The Morgan fingerprint density at radius 2 is 0.842 bits per heavy atom. The van der Waals surface area contributed by atoms with Crippen molar-refractivity contribution in [3.8, 4) is 67.5 Å². The van der Waals surface area contributed by atoms with Gasteiger partial charge in [0.05, 0.1) is 5.56 Å². The fraction of sp³-hybridized carbons (Fsp3) is 0. The molecule has 0 saturated carbocycles. The largest absolute Gasteiger partial charge is 0.455 e. The molecule has 266 valence electrons. The first-order valence-corrected chi connectivity index (χ1v) is 19.2. The molecule has 0 aliphatic carbocycles. The molecule has 9 aromatic carbocycles. The molecule has 0 bridgehead atoms. The van der Waals surface area contributed by atoms with E-state index in [1.165, 1.54) is 21.9 Å². The molecule has 4 heteroatoms. The van der Waals surface area contributed by atoms with Gasteiger partial charge >= 0.3 is 0 Å². The summed E-state index contributed by atoms with van der Waals surface area (Å²) in [6.07, 6.45) is 0. The summed E-state index contributed by atoms with van der Waals surface area (Å²) in [5.41, 5.74) is 11.1. The zero-order valence-electron chi connectivity index (χ0n) is 30.8. The average molecular weight is 728 g/mol. The Morgan fingerprint density at radius 3 is 1.67 bits per heavy atom. The first-order chi connectivity index (χ1) is 28.2. The molecule has 0 aliphatic heterocycles. The molecule has 0 N–H and O–H groups in total. The van der Waals surface area contributed by atoms with Crippen LogP contribution in [0.3, 0.4) is 0 Å². The van der Waals surface area contributed by atoms with Crippen LogP contribution in [-0.2, 0) is 0 Å². The Balaban J connectivity index is 1.13. The Morgan fingerprint density at radius 1 is 0.298 bits per heavy atom. The summed E-state index contributed by atoms with van der Waals surface area (Å²) in [5, 5.41) is 6.61. The standard InChI is InChI=1S/C53H33N3O/c1-2-13-34(14-3-1)39-18-10-19-40(33-39)35-27-29-38(30-28-35)51-54-52(47-25-12-24-46-44-22-8-9-26-48(44)57-50(46)47)56-53(55-51)49-42-21-7-5-16-37(42)31-32-45(49)43-23-11-17-36-15-4-6-20-41(36)43/h1-33H. The number of aromatic nitrogens is 3. The number of rotatable bonds is 6. The van der Waals surface area contributed by atoms with Crippen LogP contribution in [0.2, 0.25) is 0 Å². The Labute approximate surface area is 329 Å². The van der Waals surface area contributed by atoms with Gasteiger partial charge in [0.15, 0.2) is 17.5 Å². The Hall–Kier alpha value is -7.69. The van der Waals surface area contributed by atoms with Gasteiger partial charge in [0.1, 0.15) is 11.2 Å². The summed E-state index contributed by atoms with van der Waals surface area (Å²) in [7, 11) is 0. The molecule has 0 saturated heterocycles. The maximum absolute atomic E-state index is 6.55. The van der Waals surface area contributed by atoms with Crippen molar-refractivity contribution in [3.63, 3.8) is 0 Å². The minimum absolute atomic E-state index is 0.552. The summed E-state index contributed by atoms with van der Waals surface area (Å²) >= 11 is 0. The van der Waals surface area contributed by atoms with Crippen LogP contribution in [0.15, 0.2) is 205 Å². The molecule has 0 amide bonds. The Kier molecular flexibility index (Phi) is 7.78. The first-order valence-electron chi connectivity index (χ1n) is 19.2. The summed E-state index contributed by atoms with van der Waals surface area (Å²) in [4.78, 5) is 15.9. The quantitative estimate of drug-likeness (QED) is 0.171. The number of nitrogens with zero attached hydrogens (tertiary/aromatic N) is 3. The lowest BCUT2D eigenvalue weighted by atomic mass is 9.90. The predicted molar refractivity (Wildman–Crippen MR) is 235 cm³/mol. The second-order valence-corrected chi connectivity index (χ2v) is 14.3. The van der Waals surface area contributed by atoms with Crippen molar-refractivity contribution in [1.82, 2.24) is 15.0 Å². The highest BCUT2D eigenvalue weighted by atomic mass is 16.3. The van der Waals surface area contributed by atoms with E-state index < -0.39 is 0 Å². The van der Waals surface area contributed by atoms with Crippen molar-refractivity contribution < 1.29 is 4.42 Å². The number of benzene rings is 9. The van der Waals surface area contributed by atoms with Crippen LogP contribution in [0.4, 0.5) is 0 Å². The van der Waals surface area contributed by atoms with Crippen LogP contribution in [0, 0.1) is 0 Å². The van der Waals surface area contributed by atoms with E-state index in [0.717, 1.165) is 71.7 Å². The number of hydrogen-bond donors (Lipinski definition) is 0. The molecule has 0 unspecified atom stereocenters. The zero-order valence-corrected chi connectivity index (χ0v) is 30.8. The lowest BCUT2D eigenvalue weighted by molar-refractivity contribution is 0.669. The molecule has 11 rings (SSSR count). The van der Waals surface area contributed by atoms with Gasteiger partial charge in [-0.15, -0.1) is 0 Å². The lowest BCUT2D eigenvalue weighted by Crippen LogP contribution is -2.02. The van der Waals surface area contributed by atoms with Crippen LogP contribution in [-0.4, -0.2) is 15.0 Å². The minimum Gasteiger partial charge on any atom is -0.455 e. The normalized spacial score (nSPS) is 11.5. The average Bonchev–Trinajstić information content (AvgIpc) is 3.68. The van der Waals surface area contributed by atoms with Crippen molar-refractivity contribution in [1.29, 1.82) is 0 Å². The predicted octanol–water partition coefficient (Wildman–Crippen LogP) is 14.1. The van der Waals surface area contributed by atoms with Crippen LogP contribution >= 0.6 is 0 Å². The van der Waals surface area contributed by atoms with Crippen molar-refractivity contribution in [2.45, 2.75) is 0 Å². The van der Waals surface area contributed by atoms with E-state index in [1.807, 2.05) is 30.3 Å². The molecule has 0 radical (unpaired) electrons. The molecule has 0 spiro atoms. The van der Waals surface area contributed by atoms with E-state index in [-0.39, 0.29) is 0 Å². The highest BCUT2D eigenvalue weighted by molar-refractivity contribution is 6.10. The number of para-hydroxylation sites is 2. The van der Waals surface area contributed by atoms with Crippen molar-refractivity contribution in [2.75, 3.05) is 0 Å². The molecule has 2 aromatic heterocycles. The van der Waals surface area contributed by atoms with E-state index in [0.29, 0.717) is 17.5 Å². The molecule has 4 nitrogen and oxygen atoms in total. The fourth-order valence-electron chi connectivity index (χ4n) is 8.18. The number of hydrogen-bond acceptors (Lipinski definition) is 4. The molecular formula is C53H33N3O. The van der Waals surface area contributed by atoms with Crippen molar-refractivity contribution >= 4 is 43.5 Å². The molecule has 0 atom stereocenters. The van der Waals surface area contributed by atoms with Crippen LogP contribution in [0.1, 0.15) is 0 Å². The molecule has 57 heavy (non-hydrogen) atoms. The van der Waals surface area contributed by atoms with Crippen LogP contribution < -0.4 is 0 Å². The smallest absolute Gasteiger partial charge is 0.167 e. The molecule has 2 heterocycles. The van der Waals surface area contributed by atoms with Crippen LogP contribution in [0.25, 0.3) is 111 Å². The second-order valence-electron chi connectivity index (χ2n) is 14.3. The van der Waals surface area contributed by atoms with Crippen molar-refractivity contribution in [2.24, 2.45) is 0 Å². The van der Waals surface area contributed by atoms with Gasteiger partial charge in [0.25, 0.3) is 0 Å². The topological polar surface area (TPSA) is 51.8 Å². The Bertz CT molecular complexity index is 3290. The summed E-state index contributed by atoms with van der Waals surface area (Å²) in [6, 6.07) is 69.9. The third-order valence-electron chi connectivity index (χ3n) is 11.0. The van der Waals surface area contributed by atoms with Gasteiger partial charge in [-0.3, -0.25) is 0 Å². The van der Waals surface area contributed by atoms with E-state index in [9.17, 15) is 0 Å². The summed E-state index contributed by atoms with van der Waals surface area (Å²) in [6.45, 7) is 0. The third kappa shape index (κ3) is 5.74. The minimum atomic E-state index is 0.552. The lowest BCUT2D eigenvalue weighted by Gasteiger charge is -2.16. The third-order valence-corrected chi connectivity index (χ3v) is 11.0. The summed E-state index contributed by atoms with van der Waals surface area (Å²) in [5.74, 6) is 1.74. The monoisotopic (exact) mass is 727 g/mol. The van der Waals surface area contributed by atoms with Gasteiger partial charge in [-0.2, -0.15) is 0 Å². The van der Waals surface area contributed by atoms with Crippen LogP contribution in [0.5, 0.6) is 0 Å². The first kappa shape index (κ1) is 32.7.